The molecule has 0 radical (unpaired) electrons. The van der Waals surface area contributed by atoms with Gasteiger partial charge in [0.15, 0.2) is 10.8 Å². The van der Waals surface area contributed by atoms with E-state index < -0.39 is 17.8 Å². The molecule has 1 amide bonds. The van der Waals surface area contributed by atoms with Crippen molar-refractivity contribution in [3.05, 3.63) is 46.6 Å². The van der Waals surface area contributed by atoms with Gasteiger partial charge in [0.25, 0.3) is 0 Å². The van der Waals surface area contributed by atoms with Gasteiger partial charge in [-0.2, -0.15) is 8.78 Å². The zero-order valence-electron chi connectivity index (χ0n) is 13.7. The largest absolute Gasteiger partial charge is 0.433 e. The quantitative estimate of drug-likeness (QED) is 0.568. The van der Waals surface area contributed by atoms with Crippen molar-refractivity contribution in [1.29, 1.82) is 0 Å². The Kier molecular flexibility index (Phi) is 6.03. The van der Waals surface area contributed by atoms with E-state index >= 15 is 0 Å². The first-order chi connectivity index (χ1) is 12.8. The fourth-order valence-corrected chi connectivity index (χ4v) is 3.53. The molecule has 1 unspecified atom stereocenters. The number of hydrogen-bond acceptors (Lipinski definition) is 5. The lowest BCUT2D eigenvalue weighted by Crippen LogP contribution is -2.23. The van der Waals surface area contributed by atoms with Gasteiger partial charge in [-0.15, -0.1) is 10.2 Å². The van der Waals surface area contributed by atoms with Crippen LogP contribution in [0.25, 0.3) is 5.65 Å². The third-order valence-electron chi connectivity index (χ3n) is 3.41. The third-order valence-corrected chi connectivity index (χ3v) is 4.95. The van der Waals surface area contributed by atoms with Gasteiger partial charge < -0.3 is 10.1 Å². The van der Waals surface area contributed by atoms with Crippen molar-refractivity contribution in [2.45, 2.75) is 23.9 Å². The highest BCUT2D eigenvalue weighted by atomic mass is 35.5. The number of nitrogens with zero attached hydrogens (tertiary/aromatic N) is 3. The van der Waals surface area contributed by atoms with E-state index in [9.17, 15) is 13.6 Å². The second-order valence-corrected chi connectivity index (χ2v) is 7.46. The monoisotopic (exact) mass is 432 g/mol. The summed E-state index contributed by atoms with van der Waals surface area (Å²) in [6.07, 6.45) is 1.58. The van der Waals surface area contributed by atoms with Crippen molar-refractivity contribution in [1.82, 2.24) is 14.6 Å². The predicted molar refractivity (Wildman–Crippen MR) is 100 cm³/mol. The second-order valence-electron chi connectivity index (χ2n) is 5.31. The van der Waals surface area contributed by atoms with Crippen molar-refractivity contribution >= 4 is 52.2 Å². The van der Waals surface area contributed by atoms with Crippen molar-refractivity contribution in [3.8, 4) is 5.75 Å². The lowest BCUT2D eigenvalue weighted by molar-refractivity contribution is -0.115. The number of amides is 1. The van der Waals surface area contributed by atoms with Crippen LogP contribution in [0.4, 0.5) is 14.5 Å². The number of aromatic nitrogens is 3. The highest BCUT2D eigenvalue weighted by Gasteiger charge is 2.20. The van der Waals surface area contributed by atoms with E-state index in [1.165, 1.54) is 24.3 Å². The summed E-state index contributed by atoms with van der Waals surface area (Å²) < 4.78 is 30.9. The fraction of sp³-hybridized carbons (Fsp3) is 0.188. The van der Waals surface area contributed by atoms with Crippen LogP contribution in [-0.4, -0.2) is 32.4 Å². The molecule has 1 atom stereocenters. The maximum atomic E-state index is 12.5. The first-order valence-electron chi connectivity index (χ1n) is 7.56. The molecule has 142 valence electrons. The van der Waals surface area contributed by atoms with Crippen molar-refractivity contribution in [2.75, 3.05) is 5.32 Å². The van der Waals surface area contributed by atoms with E-state index in [0.29, 0.717) is 20.8 Å². The summed E-state index contributed by atoms with van der Waals surface area (Å²) in [6, 6.07) is 7.48. The summed E-state index contributed by atoms with van der Waals surface area (Å²) in [4.78, 5) is 12.5. The number of nitrogens with one attached hydrogen (secondary N) is 1. The Morgan fingerprint density at radius 1 is 1.30 bits per heavy atom. The zero-order chi connectivity index (χ0) is 19.6. The molecule has 2 aromatic heterocycles. The highest BCUT2D eigenvalue weighted by molar-refractivity contribution is 8.00. The number of benzene rings is 1. The summed E-state index contributed by atoms with van der Waals surface area (Å²) in [5.41, 5.74) is 0.555. The molecule has 0 aliphatic heterocycles. The molecule has 0 aliphatic carbocycles. The number of para-hydroxylation sites is 2. The summed E-state index contributed by atoms with van der Waals surface area (Å²) >= 11 is 13.2. The maximum absolute atomic E-state index is 12.5. The number of halogens is 4. The zero-order valence-corrected chi connectivity index (χ0v) is 16.0. The van der Waals surface area contributed by atoms with Gasteiger partial charge in [-0.3, -0.25) is 9.20 Å². The average molecular weight is 433 g/mol. The molecule has 11 heteroatoms. The SMILES string of the molecule is CC(Sc1nnc2c(Cl)cc(Cl)cn12)C(=O)Nc1ccccc1OC(F)F. The Hall–Kier alpha value is -2.10. The Balaban J connectivity index is 1.76. The molecule has 0 saturated carbocycles. The van der Waals surface area contributed by atoms with E-state index in [1.54, 1.807) is 23.6 Å². The number of anilines is 1. The predicted octanol–water partition coefficient (Wildman–Crippen LogP) is 4.76. The van der Waals surface area contributed by atoms with Crippen LogP contribution in [0.3, 0.4) is 0 Å². The van der Waals surface area contributed by atoms with Gasteiger partial charge >= 0.3 is 6.61 Å². The number of hydrogen-bond donors (Lipinski definition) is 1. The molecule has 1 N–H and O–H groups in total. The lowest BCUT2D eigenvalue weighted by Gasteiger charge is -2.14. The molecule has 0 aliphatic rings. The van der Waals surface area contributed by atoms with Crippen LogP contribution in [0.5, 0.6) is 5.75 Å². The van der Waals surface area contributed by atoms with Crippen LogP contribution < -0.4 is 10.1 Å². The normalized spacial score (nSPS) is 12.4. The Bertz CT molecular complexity index is 986. The van der Waals surface area contributed by atoms with E-state index in [0.717, 1.165) is 11.8 Å². The van der Waals surface area contributed by atoms with Crippen LogP contribution in [0.2, 0.25) is 10.0 Å². The summed E-state index contributed by atoms with van der Waals surface area (Å²) in [7, 11) is 0. The summed E-state index contributed by atoms with van der Waals surface area (Å²) in [5, 5.41) is 11.1. The molecular weight excluding hydrogens is 421 g/mol. The molecule has 3 aromatic rings. The lowest BCUT2D eigenvalue weighted by atomic mass is 10.3. The molecule has 3 rings (SSSR count). The molecule has 2 heterocycles. The number of ether oxygens (including phenoxy) is 1. The van der Waals surface area contributed by atoms with Gasteiger partial charge in [0, 0.05) is 6.20 Å². The molecule has 0 fully saturated rings. The smallest absolute Gasteiger partial charge is 0.387 e. The van der Waals surface area contributed by atoms with Gasteiger partial charge in [-0.05, 0) is 25.1 Å². The molecule has 0 spiro atoms. The molecule has 6 nitrogen and oxygen atoms in total. The van der Waals surface area contributed by atoms with E-state index in [-0.39, 0.29) is 11.4 Å². The second kappa shape index (κ2) is 8.28. The minimum atomic E-state index is -2.99. The van der Waals surface area contributed by atoms with Crippen molar-refractivity contribution in [3.63, 3.8) is 0 Å². The Morgan fingerprint density at radius 3 is 2.78 bits per heavy atom. The van der Waals surface area contributed by atoms with Crippen LogP contribution in [0.15, 0.2) is 41.7 Å². The van der Waals surface area contributed by atoms with Crippen LogP contribution >= 0.6 is 35.0 Å². The minimum absolute atomic E-state index is 0.121. The summed E-state index contributed by atoms with van der Waals surface area (Å²) in [6.45, 7) is -1.35. The van der Waals surface area contributed by atoms with Crippen LogP contribution in [0.1, 0.15) is 6.92 Å². The van der Waals surface area contributed by atoms with Crippen molar-refractivity contribution in [2.24, 2.45) is 0 Å². The first kappa shape index (κ1) is 19.7. The van der Waals surface area contributed by atoms with Crippen LogP contribution in [-0.2, 0) is 4.79 Å². The fourth-order valence-electron chi connectivity index (χ4n) is 2.20. The number of thioether (sulfide) groups is 1. The van der Waals surface area contributed by atoms with Crippen LogP contribution in [0, 0.1) is 0 Å². The molecule has 0 saturated heterocycles. The molecule has 1 aromatic carbocycles. The Labute approximate surface area is 166 Å². The number of fused-ring (bicyclic) bond motifs is 1. The highest BCUT2D eigenvalue weighted by Crippen LogP contribution is 2.29. The van der Waals surface area contributed by atoms with Gasteiger partial charge in [0.05, 0.1) is 21.0 Å². The number of carbonyl (C=O) groups excluding carboxylic acids is 1. The number of pyridine rings is 1. The standard InChI is InChI=1S/C16H12Cl2F2N4O2S/c1-8(14(25)21-11-4-2-3-5-12(11)26-15(19)20)27-16-23-22-13-10(18)6-9(17)7-24(13)16/h2-8,15H,1H3,(H,21,25). The first-order valence-corrected chi connectivity index (χ1v) is 9.20. The molecule has 27 heavy (non-hydrogen) atoms. The van der Waals surface area contributed by atoms with E-state index in [1.807, 2.05) is 0 Å². The topological polar surface area (TPSA) is 68.5 Å². The van der Waals surface area contributed by atoms with Crippen molar-refractivity contribution < 1.29 is 18.3 Å². The maximum Gasteiger partial charge on any atom is 0.387 e. The third kappa shape index (κ3) is 4.60. The molecule has 0 bridgehead atoms. The van der Waals surface area contributed by atoms with Gasteiger partial charge in [-0.1, -0.05) is 47.1 Å². The minimum Gasteiger partial charge on any atom is -0.433 e. The summed E-state index contributed by atoms with van der Waals surface area (Å²) in [5.74, 6) is -0.542. The number of alkyl halides is 2. The van der Waals surface area contributed by atoms with Gasteiger partial charge in [0.1, 0.15) is 5.75 Å². The number of rotatable bonds is 6. The number of carbonyl (C=O) groups is 1. The average Bonchev–Trinajstić information content (AvgIpc) is 2.99. The Morgan fingerprint density at radius 2 is 2.04 bits per heavy atom. The van der Waals surface area contributed by atoms with E-state index in [2.05, 4.69) is 20.3 Å². The van der Waals surface area contributed by atoms with Gasteiger partial charge in [0.2, 0.25) is 5.91 Å². The van der Waals surface area contributed by atoms with Gasteiger partial charge in [-0.25, -0.2) is 0 Å². The van der Waals surface area contributed by atoms with E-state index in [4.69, 9.17) is 23.2 Å². The molecular formula is C16H12Cl2F2N4O2S.